The number of aromatic nitrogens is 2. The number of ether oxygens (including phenoxy) is 2. The first-order chi connectivity index (χ1) is 12.7. The van der Waals surface area contributed by atoms with Crippen molar-refractivity contribution in [1.82, 2.24) is 14.3 Å². The molecule has 0 bridgehead atoms. The zero-order chi connectivity index (χ0) is 18.1. The van der Waals surface area contributed by atoms with Crippen molar-refractivity contribution in [2.45, 2.75) is 19.3 Å². The van der Waals surface area contributed by atoms with Crippen LogP contribution in [0.2, 0.25) is 0 Å². The van der Waals surface area contributed by atoms with Crippen LogP contribution in [0.4, 0.5) is 5.82 Å². The minimum atomic E-state index is 0.431. The van der Waals surface area contributed by atoms with Gasteiger partial charge in [-0.15, -0.1) is 0 Å². The van der Waals surface area contributed by atoms with Gasteiger partial charge in [-0.2, -0.15) is 0 Å². The lowest BCUT2D eigenvalue weighted by Gasteiger charge is -2.38. The maximum Gasteiger partial charge on any atom is 0.162 e. The van der Waals surface area contributed by atoms with Crippen LogP contribution in [-0.2, 0) is 0 Å². The lowest BCUT2D eigenvalue weighted by molar-refractivity contribution is 0.185. The Hall–Kier alpha value is -1.73. The number of hydrogen-bond donors (Lipinski definition) is 0. The Bertz CT molecular complexity index is 792. The zero-order valence-electron chi connectivity index (χ0n) is 15.7. The third kappa shape index (κ3) is 3.07. The molecule has 26 heavy (non-hydrogen) atoms. The highest BCUT2D eigenvalue weighted by atomic mass is 32.2. The van der Waals surface area contributed by atoms with E-state index in [2.05, 4.69) is 25.4 Å². The molecule has 7 heteroatoms. The summed E-state index contributed by atoms with van der Waals surface area (Å²) in [5.41, 5.74) is 1.32. The third-order valence-corrected chi connectivity index (χ3v) is 6.78. The summed E-state index contributed by atoms with van der Waals surface area (Å²) >= 11 is 1.87. The average Bonchev–Trinajstić information content (AvgIpc) is 3.10. The molecule has 3 heterocycles. The normalized spacial score (nSPS) is 20.0. The highest BCUT2D eigenvalue weighted by Gasteiger charge is 2.41. The Morgan fingerprint density at radius 2 is 1.69 bits per heavy atom. The van der Waals surface area contributed by atoms with Crippen LogP contribution in [-0.4, -0.2) is 60.9 Å². The number of methoxy groups -OCH3 is 2. The summed E-state index contributed by atoms with van der Waals surface area (Å²) < 4.78 is 13.4. The number of fused-ring (bicyclic) bond motifs is 1. The van der Waals surface area contributed by atoms with Crippen LogP contribution in [0.3, 0.4) is 0 Å². The summed E-state index contributed by atoms with van der Waals surface area (Å²) in [6.07, 6.45) is 7.61. The average molecular weight is 375 g/mol. The number of benzene rings is 1. The number of anilines is 1. The predicted octanol–water partition coefficient (Wildman–Crippen LogP) is 3.22. The molecule has 0 atom stereocenters. The number of hydrogen-bond acceptors (Lipinski definition) is 7. The van der Waals surface area contributed by atoms with Gasteiger partial charge >= 0.3 is 0 Å². The van der Waals surface area contributed by atoms with Crippen molar-refractivity contribution in [3.05, 3.63) is 18.5 Å². The molecular weight excluding hydrogens is 348 g/mol. The molecule has 0 amide bonds. The molecule has 0 unspecified atom stereocenters. The molecule has 1 aromatic heterocycles. The smallest absolute Gasteiger partial charge is 0.162 e. The first-order valence-corrected chi connectivity index (χ1v) is 10.3. The van der Waals surface area contributed by atoms with Gasteiger partial charge in [0.1, 0.15) is 12.1 Å². The lowest BCUT2D eigenvalue weighted by atomic mass is 9.78. The second-order valence-electron chi connectivity index (χ2n) is 7.20. The molecule has 6 nitrogen and oxygen atoms in total. The Labute approximate surface area is 159 Å². The van der Waals surface area contributed by atoms with Gasteiger partial charge in [0, 0.05) is 37.6 Å². The Morgan fingerprint density at radius 3 is 2.38 bits per heavy atom. The maximum absolute atomic E-state index is 5.49. The summed E-state index contributed by atoms with van der Waals surface area (Å²) in [6, 6.07) is 3.94. The van der Waals surface area contributed by atoms with Crippen molar-refractivity contribution in [3.63, 3.8) is 0 Å². The number of rotatable bonds is 4. The van der Waals surface area contributed by atoms with Crippen LogP contribution in [0.5, 0.6) is 11.5 Å². The summed E-state index contributed by atoms with van der Waals surface area (Å²) in [5.74, 6) is 2.44. The Balaban J connectivity index is 1.63. The molecular formula is C19H26N4O2S. The van der Waals surface area contributed by atoms with E-state index in [1.54, 1.807) is 20.5 Å². The first kappa shape index (κ1) is 17.7. The van der Waals surface area contributed by atoms with Crippen molar-refractivity contribution in [1.29, 1.82) is 0 Å². The molecule has 1 spiro atoms. The van der Waals surface area contributed by atoms with E-state index in [4.69, 9.17) is 9.47 Å². The van der Waals surface area contributed by atoms with Gasteiger partial charge in [0.05, 0.1) is 19.7 Å². The van der Waals surface area contributed by atoms with Gasteiger partial charge in [-0.05, 0) is 37.0 Å². The monoisotopic (exact) mass is 374 g/mol. The van der Waals surface area contributed by atoms with Crippen LogP contribution in [0, 0.1) is 5.41 Å². The second-order valence-corrected chi connectivity index (χ2v) is 8.09. The topological polar surface area (TPSA) is 50.7 Å². The third-order valence-electron chi connectivity index (χ3n) is 5.90. The standard InChI is InChI=1S/C19H26N4O2S/c1-24-16-10-14-15(11-17(16)25-2)20-13-21-18(14)22-7-4-19(12-22)5-8-23(26-3)9-6-19/h10-11,13H,4-9,12H2,1-3H3. The molecule has 2 aromatic rings. The minimum Gasteiger partial charge on any atom is -0.493 e. The zero-order valence-corrected chi connectivity index (χ0v) is 16.5. The molecule has 2 fully saturated rings. The molecule has 2 aliphatic rings. The van der Waals surface area contributed by atoms with Gasteiger partial charge in [0.2, 0.25) is 0 Å². The van der Waals surface area contributed by atoms with Crippen molar-refractivity contribution in [2.75, 3.05) is 51.6 Å². The van der Waals surface area contributed by atoms with E-state index in [1.807, 2.05) is 24.1 Å². The fourth-order valence-electron chi connectivity index (χ4n) is 4.29. The van der Waals surface area contributed by atoms with E-state index >= 15 is 0 Å². The quantitative estimate of drug-likeness (QED) is 0.762. The predicted molar refractivity (Wildman–Crippen MR) is 106 cm³/mol. The van der Waals surface area contributed by atoms with Crippen LogP contribution < -0.4 is 14.4 Å². The highest BCUT2D eigenvalue weighted by Crippen LogP contribution is 2.44. The van der Waals surface area contributed by atoms with Crippen molar-refractivity contribution in [2.24, 2.45) is 5.41 Å². The lowest BCUT2D eigenvalue weighted by Crippen LogP contribution is -2.38. The van der Waals surface area contributed by atoms with Gasteiger partial charge in [-0.1, -0.05) is 11.9 Å². The van der Waals surface area contributed by atoms with E-state index in [0.29, 0.717) is 11.2 Å². The first-order valence-electron chi connectivity index (χ1n) is 9.09. The van der Waals surface area contributed by atoms with Crippen molar-refractivity contribution in [3.8, 4) is 11.5 Å². The fourth-order valence-corrected chi connectivity index (χ4v) is 4.84. The van der Waals surface area contributed by atoms with Crippen LogP contribution in [0.25, 0.3) is 10.9 Å². The van der Waals surface area contributed by atoms with E-state index in [1.165, 1.54) is 32.4 Å². The van der Waals surface area contributed by atoms with E-state index in [-0.39, 0.29) is 0 Å². The highest BCUT2D eigenvalue weighted by molar-refractivity contribution is 7.96. The molecule has 1 aromatic carbocycles. The van der Waals surface area contributed by atoms with Crippen LogP contribution >= 0.6 is 11.9 Å². The van der Waals surface area contributed by atoms with Gasteiger partial charge in [-0.3, -0.25) is 4.31 Å². The Morgan fingerprint density at radius 1 is 1.00 bits per heavy atom. The molecule has 0 N–H and O–H groups in total. The Kier molecular flexibility index (Phi) is 4.84. The largest absolute Gasteiger partial charge is 0.493 e. The molecule has 2 aliphatic heterocycles. The molecule has 4 rings (SSSR count). The number of piperidine rings is 1. The maximum atomic E-state index is 5.49. The van der Waals surface area contributed by atoms with Crippen molar-refractivity contribution >= 4 is 28.7 Å². The van der Waals surface area contributed by atoms with Gasteiger partial charge in [0.25, 0.3) is 0 Å². The fraction of sp³-hybridized carbons (Fsp3) is 0.579. The summed E-state index contributed by atoms with van der Waals surface area (Å²) in [5, 5.41) is 1.03. The summed E-state index contributed by atoms with van der Waals surface area (Å²) in [6.45, 7) is 4.50. The van der Waals surface area contributed by atoms with E-state index < -0.39 is 0 Å². The summed E-state index contributed by atoms with van der Waals surface area (Å²) in [7, 11) is 3.31. The van der Waals surface area contributed by atoms with Gasteiger partial charge in [-0.25, -0.2) is 9.97 Å². The van der Waals surface area contributed by atoms with Crippen LogP contribution in [0.15, 0.2) is 18.5 Å². The molecule has 140 valence electrons. The van der Waals surface area contributed by atoms with E-state index in [9.17, 15) is 0 Å². The molecule has 0 aliphatic carbocycles. The molecule has 2 saturated heterocycles. The summed E-state index contributed by atoms with van der Waals surface area (Å²) in [4.78, 5) is 11.5. The molecule has 0 radical (unpaired) electrons. The SMILES string of the molecule is COc1cc2ncnc(N3CCC4(CCN(SC)CC4)C3)c2cc1OC. The van der Waals surface area contributed by atoms with Gasteiger partial charge in [0.15, 0.2) is 11.5 Å². The van der Waals surface area contributed by atoms with Gasteiger partial charge < -0.3 is 14.4 Å². The molecule has 0 saturated carbocycles. The minimum absolute atomic E-state index is 0.431. The number of nitrogens with zero attached hydrogens (tertiary/aromatic N) is 4. The van der Waals surface area contributed by atoms with Crippen molar-refractivity contribution < 1.29 is 9.47 Å². The van der Waals surface area contributed by atoms with Crippen LogP contribution in [0.1, 0.15) is 19.3 Å². The second kappa shape index (κ2) is 7.12. The van der Waals surface area contributed by atoms with E-state index in [0.717, 1.165) is 35.6 Å².